The fraction of sp³-hybridized carbons (Fsp3) is 0.250. The molecule has 0 saturated carbocycles. The molecule has 0 saturated heterocycles. The van der Waals surface area contributed by atoms with Crippen LogP contribution < -0.4 is 5.56 Å². The summed E-state index contributed by atoms with van der Waals surface area (Å²) in [6, 6.07) is 7.35. The van der Waals surface area contributed by atoms with E-state index in [4.69, 9.17) is 11.6 Å². The Kier molecular flexibility index (Phi) is 9.09. The monoisotopic (exact) mass is 372 g/mol. The van der Waals surface area contributed by atoms with Gasteiger partial charge in [0.15, 0.2) is 5.52 Å². The van der Waals surface area contributed by atoms with E-state index in [1.807, 2.05) is 51.1 Å². The van der Waals surface area contributed by atoms with Crippen LogP contribution in [0.3, 0.4) is 0 Å². The lowest BCUT2D eigenvalue weighted by Gasteiger charge is -2.05. The van der Waals surface area contributed by atoms with Gasteiger partial charge in [-0.05, 0) is 31.9 Å². The molecule has 2 aromatic heterocycles. The number of hydrogen-bond donors (Lipinski definition) is 1. The van der Waals surface area contributed by atoms with Crippen LogP contribution in [0.1, 0.15) is 32.4 Å². The zero-order chi connectivity index (χ0) is 19.5. The molecule has 1 aromatic carbocycles. The molecule has 6 heteroatoms. The van der Waals surface area contributed by atoms with Gasteiger partial charge in [-0.2, -0.15) is 10.2 Å². The largest absolute Gasteiger partial charge is 0.292 e. The van der Waals surface area contributed by atoms with Crippen molar-refractivity contribution in [3.63, 3.8) is 0 Å². The number of halogens is 1. The van der Waals surface area contributed by atoms with Crippen molar-refractivity contribution in [2.45, 2.75) is 33.6 Å². The number of unbranched alkanes of at least 4 members (excludes halogenated alkanes) is 1. The van der Waals surface area contributed by atoms with E-state index in [9.17, 15) is 4.79 Å². The summed E-state index contributed by atoms with van der Waals surface area (Å²) in [6.07, 6.45) is 7.49. The Balaban J connectivity index is 0.000000363. The van der Waals surface area contributed by atoms with Crippen LogP contribution in [-0.2, 0) is 0 Å². The van der Waals surface area contributed by atoms with Crippen molar-refractivity contribution in [2.24, 2.45) is 0 Å². The van der Waals surface area contributed by atoms with E-state index in [-0.39, 0.29) is 5.56 Å². The first-order valence-corrected chi connectivity index (χ1v) is 8.87. The summed E-state index contributed by atoms with van der Waals surface area (Å²) in [7, 11) is 0. The third-order valence-electron chi connectivity index (χ3n) is 3.39. The second-order valence-corrected chi connectivity index (χ2v) is 5.47. The highest BCUT2D eigenvalue weighted by atomic mass is 35.5. The molecule has 0 amide bonds. The van der Waals surface area contributed by atoms with Gasteiger partial charge in [-0.15, -0.1) is 13.2 Å². The maximum atomic E-state index is 11.6. The van der Waals surface area contributed by atoms with Crippen LogP contribution in [0.5, 0.6) is 0 Å². The quantitative estimate of drug-likeness (QED) is 0.503. The van der Waals surface area contributed by atoms with Crippen LogP contribution in [0.25, 0.3) is 16.6 Å². The Morgan fingerprint density at radius 3 is 2.35 bits per heavy atom. The van der Waals surface area contributed by atoms with Crippen LogP contribution in [0.2, 0.25) is 5.02 Å². The molecule has 0 aliphatic heterocycles. The van der Waals surface area contributed by atoms with E-state index < -0.39 is 0 Å². The molecular formula is C20H25ClN4O. The average Bonchev–Trinajstić information content (AvgIpc) is 3.01. The summed E-state index contributed by atoms with van der Waals surface area (Å²) < 4.78 is 1.66. The third-order valence-corrected chi connectivity index (χ3v) is 3.71. The zero-order valence-electron chi connectivity index (χ0n) is 15.5. The Morgan fingerprint density at radius 1 is 1.19 bits per heavy atom. The summed E-state index contributed by atoms with van der Waals surface area (Å²) in [5, 5.41) is 11.7. The molecule has 0 radical (unpaired) electrons. The first-order valence-electron chi connectivity index (χ1n) is 8.49. The van der Waals surface area contributed by atoms with Crippen molar-refractivity contribution >= 4 is 22.5 Å². The van der Waals surface area contributed by atoms with Crippen LogP contribution in [-0.4, -0.2) is 20.0 Å². The molecule has 0 spiro atoms. The average molecular weight is 373 g/mol. The minimum absolute atomic E-state index is 0.304. The molecule has 26 heavy (non-hydrogen) atoms. The number of benzene rings is 1. The van der Waals surface area contributed by atoms with Gasteiger partial charge in [0.25, 0.3) is 5.56 Å². The van der Waals surface area contributed by atoms with E-state index in [2.05, 4.69) is 28.5 Å². The minimum atomic E-state index is -0.304. The van der Waals surface area contributed by atoms with E-state index in [1.54, 1.807) is 16.9 Å². The lowest BCUT2D eigenvalue weighted by Crippen LogP contribution is -2.07. The van der Waals surface area contributed by atoms with Gasteiger partial charge in [0, 0.05) is 5.39 Å². The smallest absolute Gasteiger partial charge is 0.265 e. The lowest BCUT2D eigenvalue weighted by atomic mass is 10.3. The Morgan fingerprint density at radius 2 is 1.81 bits per heavy atom. The number of nitrogens with one attached hydrogen (secondary N) is 1. The number of rotatable bonds is 4. The van der Waals surface area contributed by atoms with Crippen LogP contribution in [0.4, 0.5) is 0 Å². The van der Waals surface area contributed by atoms with Gasteiger partial charge in [-0.25, -0.2) is 9.78 Å². The second kappa shape index (κ2) is 11.1. The topological polar surface area (TPSA) is 63.6 Å². The number of aromatic nitrogens is 4. The number of aryl methyl sites for hydroxylation is 1. The first-order chi connectivity index (χ1) is 12.6. The van der Waals surface area contributed by atoms with E-state index in [0.29, 0.717) is 10.5 Å². The summed E-state index contributed by atoms with van der Waals surface area (Å²) in [5.74, 6) is 0. The van der Waals surface area contributed by atoms with Crippen LogP contribution in [0, 0.1) is 6.92 Å². The van der Waals surface area contributed by atoms with E-state index in [0.717, 1.165) is 29.6 Å². The van der Waals surface area contributed by atoms with Crippen LogP contribution in [0.15, 0.2) is 60.6 Å². The zero-order valence-corrected chi connectivity index (χ0v) is 16.3. The predicted molar refractivity (Wildman–Crippen MR) is 110 cm³/mol. The Labute approximate surface area is 159 Å². The van der Waals surface area contributed by atoms with Crippen molar-refractivity contribution in [1.82, 2.24) is 20.0 Å². The maximum absolute atomic E-state index is 11.6. The highest BCUT2D eigenvalue weighted by Crippen LogP contribution is 2.23. The number of aromatic amines is 1. The molecule has 3 aromatic rings. The van der Waals surface area contributed by atoms with Gasteiger partial charge in [0.1, 0.15) is 0 Å². The molecule has 138 valence electrons. The third kappa shape index (κ3) is 5.17. The SMILES string of the molecule is C=CCCC=C.CC.Cc1c2cn[nH]c(=O)c2nn1-c1ccccc1Cl. The number of allylic oxidation sites excluding steroid dienone is 2. The second-order valence-electron chi connectivity index (χ2n) is 5.06. The summed E-state index contributed by atoms with van der Waals surface area (Å²) in [6.45, 7) is 13.0. The lowest BCUT2D eigenvalue weighted by molar-refractivity contribution is 0.858. The number of para-hydroxylation sites is 1. The molecule has 0 fully saturated rings. The molecule has 3 rings (SSSR count). The highest BCUT2D eigenvalue weighted by molar-refractivity contribution is 6.32. The highest BCUT2D eigenvalue weighted by Gasteiger charge is 2.13. The molecule has 1 N–H and O–H groups in total. The van der Waals surface area contributed by atoms with Crippen molar-refractivity contribution in [1.29, 1.82) is 0 Å². The van der Waals surface area contributed by atoms with Gasteiger partial charge in [0.05, 0.1) is 22.6 Å². The fourth-order valence-corrected chi connectivity index (χ4v) is 2.35. The summed E-state index contributed by atoms with van der Waals surface area (Å²) >= 11 is 6.14. The summed E-state index contributed by atoms with van der Waals surface area (Å²) in [5.41, 5.74) is 1.63. The van der Waals surface area contributed by atoms with Gasteiger partial charge in [-0.1, -0.05) is 49.7 Å². The molecule has 0 atom stereocenters. The van der Waals surface area contributed by atoms with Gasteiger partial charge in [0.2, 0.25) is 0 Å². The molecule has 5 nitrogen and oxygen atoms in total. The van der Waals surface area contributed by atoms with Crippen LogP contribution >= 0.6 is 11.6 Å². The predicted octanol–water partition coefficient (Wildman–Crippen LogP) is 5.24. The Hall–Kier alpha value is -2.66. The van der Waals surface area contributed by atoms with Crippen molar-refractivity contribution < 1.29 is 0 Å². The molecule has 0 unspecified atom stereocenters. The van der Waals surface area contributed by atoms with E-state index >= 15 is 0 Å². The number of hydrogen-bond acceptors (Lipinski definition) is 3. The molecule has 0 aliphatic rings. The Bertz CT molecular complexity index is 904. The first kappa shape index (κ1) is 21.4. The van der Waals surface area contributed by atoms with Gasteiger partial charge < -0.3 is 0 Å². The van der Waals surface area contributed by atoms with Crippen molar-refractivity contribution in [2.75, 3.05) is 0 Å². The normalized spacial score (nSPS) is 9.54. The van der Waals surface area contributed by atoms with Gasteiger partial charge in [-0.3, -0.25) is 4.79 Å². The van der Waals surface area contributed by atoms with Crippen molar-refractivity contribution in [3.05, 3.63) is 76.8 Å². The molecule has 0 bridgehead atoms. The minimum Gasteiger partial charge on any atom is -0.265 e. The maximum Gasteiger partial charge on any atom is 0.292 e. The number of H-pyrrole nitrogens is 1. The number of fused-ring (bicyclic) bond motifs is 1. The standard InChI is InChI=1S/C12H9ClN4O.C6H10.C2H6/c1-7-8-6-14-15-12(18)11(8)16-17(7)10-5-3-2-4-9(10)13;1-3-5-6-4-2;1-2/h2-6H,1H3,(H,15,18);3-4H,1-2,5-6H2;1-2H3. The molecule has 2 heterocycles. The number of nitrogens with zero attached hydrogens (tertiary/aromatic N) is 3. The molecule has 0 aliphatic carbocycles. The van der Waals surface area contributed by atoms with Gasteiger partial charge >= 0.3 is 0 Å². The molecular weight excluding hydrogens is 348 g/mol. The van der Waals surface area contributed by atoms with E-state index in [1.165, 1.54) is 0 Å². The fourth-order valence-electron chi connectivity index (χ4n) is 2.14. The van der Waals surface area contributed by atoms with Crippen molar-refractivity contribution in [3.8, 4) is 5.69 Å². The summed E-state index contributed by atoms with van der Waals surface area (Å²) in [4.78, 5) is 11.6.